The van der Waals surface area contributed by atoms with E-state index in [0.29, 0.717) is 0 Å². The van der Waals surface area contributed by atoms with Gasteiger partial charge in [-0.05, 0) is 47.3 Å². The summed E-state index contributed by atoms with van der Waals surface area (Å²) in [5.41, 5.74) is 1.23. The van der Waals surface area contributed by atoms with Crippen LogP contribution in [0.1, 0.15) is 79.1 Å². The second kappa shape index (κ2) is 12.8. The third-order valence-electron chi connectivity index (χ3n) is 6.04. The van der Waals surface area contributed by atoms with Crippen LogP contribution in [0.2, 0.25) is 0 Å². The van der Waals surface area contributed by atoms with Crippen molar-refractivity contribution in [1.82, 2.24) is 9.88 Å². The third kappa shape index (κ3) is 6.96. The van der Waals surface area contributed by atoms with Gasteiger partial charge in [0, 0.05) is 13.1 Å². The summed E-state index contributed by atoms with van der Waals surface area (Å²) in [6, 6.07) is 8.70. The molecule has 1 aromatic heterocycles. The van der Waals surface area contributed by atoms with Crippen molar-refractivity contribution in [2.45, 2.75) is 84.9 Å². The lowest BCUT2D eigenvalue weighted by molar-refractivity contribution is 0.189. The molecule has 158 valence electrons. The van der Waals surface area contributed by atoms with Crippen LogP contribution in [0.25, 0.3) is 10.2 Å². The summed E-state index contributed by atoms with van der Waals surface area (Å²) in [7, 11) is 0.0210. The van der Waals surface area contributed by atoms with E-state index in [-0.39, 0.29) is 10.5 Å². The first-order valence-corrected chi connectivity index (χ1v) is 13.3. The number of hydrogen-bond acceptors (Lipinski definition) is 2. The minimum absolute atomic E-state index is 0.0210. The molecule has 0 fully saturated rings. The summed E-state index contributed by atoms with van der Waals surface area (Å²) < 4.78 is 2.45. The van der Waals surface area contributed by atoms with Crippen molar-refractivity contribution in [1.29, 1.82) is 0 Å². The van der Waals surface area contributed by atoms with Crippen LogP contribution in [0.3, 0.4) is 0 Å². The average Bonchev–Trinajstić information content (AvgIpc) is 3.03. The fourth-order valence-corrected chi connectivity index (χ4v) is 6.54. The number of nitrogens with zero attached hydrogens (tertiary/aromatic N) is 1. The summed E-state index contributed by atoms with van der Waals surface area (Å²) in [5.74, 6) is 2.71. The average molecular weight is 422 g/mol. The minimum Gasteiger partial charge on any atom is -0.298 e. The fraction of sp³-hybridized carbons (Fsp3) is 0.708. The predicted octanol–water partition coefficient (Wildman–Crippen LogP) is 8.34. The first kappa shape index (κ1) is 23.6. The first-order valence-electron chi connectivity index (χ1n) is 11.5. The van der Waals surface area contributed by atoms with Gasteiger partial charge in [-0.3, -0.25) is 9.88 Å². The van der Waals surface area contributed by atoms with E-state index < -0.39 is 0 Å². The van der Waals surface area contributed by atoms with E-state index in [1.165, 1.54) is 74.7 Å². The van der Waals surface area contributed by atoms with Crippen molar-refractivity contribution >= 4 is 32.9 Å². The summed E-state index contributed by atoms with van der Waals surface area (Å²) in [4.78, 5) is 6.24. The van der Waals surface area contributed by atoms with Crippen LogP contribution in [0, 0.1) is 15.8 Å². The molecule has 2 aromatic rings. The molecule has 0 spiro atoms. The Bertz CT molecular complexity index is 716. The van der Waals surface area contributed by atoms with Gasteiger partial charge in [-0.25, -0.2) is 0 Å². The second-order valence-corrected chi connectivity index (χ2v) is 10.9. The predicted molar refractivity (Wildman–Crippen MR) is 130 cm³/mol. The van der Waals surface area contributed by atoms with E-state index in [1.54, 1.807) is 0 Å². The van der Waals surface area contributed by atoms with Crippen molar-refractivity contribution < 1.29 is 0 Å². The molecule has 0 aliphatic heterocycles. The second-order valence-electron chi connectivity index (χ2n) is 8.30. The molecule has 4 heteroatoms. The van der Waals surface area contributed by atoms with E-state index >= 15 is 0 Å². The molecule has 0 saturated heterocycles. The molecule has 0 aliphatic rings. The van der Waals surface area contributed by atoms with Gasteiger partial charge < -0.3 is 0 Å². The lowest BCUT2D eigenvalue weighted by Gasteiger charge is -2.29. The number of unbranched alkanes of at least 4 members (excludes halogenated alkanes) is 2. The van der Waals surface area contributed by atoms with E-state index in [2.05, 4.69) is 61.8 Å². The molecule has 1 heterocycles. The maximum absolute atomic E-state index is 5.76. The van der Waals surface area contributed by atoms with Crippen molar-refractivity contribution in [2.75, 3.05) is 13.1 Å². The van der Waals surface area contributed by atoms with Crippen LogP contribution in [0.5, 0.6) is 0 Å². The van der Waals surface area contributed by atoms with Crippen LogP contribution in [-0.4, -0.2) is 23.0 Å². The zero-order chi connectivity index (χ0) is 20.4. The molecule has 2 nitrogen and oxygen atoms in total. The zero-order valence-corrected chi connectivity index (χ0v) is 20.1. The molecule has 1 aromatic carbocycles. The Kier molecular flexibility index (Phi) is 10.7. The van der Waals surface area contributed by atoms with Gasteiger partial charge >= 0.3 is 3.95 Å². The zero-order valence-electron chi connectivity index (χ0n) is 18.5. The number of fused-ring (bicyclic) bond motifs is 1. The highest BCUT2D eigenvalue weighted by molar-refractivity contribution is 7.74. The molecule has 2 rings (SSSR count). The van der Waals surface area contributed by atoms with Gasteiger partial charge in [0.1, 0.15) is 10.6 Å². The SMILES string of the molecule is CCCCC(CC)CN(CC(CC)CCCC)C[s+]1c(=S)[nH]c2ccccc21. The van der Waals surface area contributed by atoms with E-state index in [4.69, 9.17) is 12.2 Å². The smallest absolute Gasteiger partial charge is 0.298 e. The number of rotatable bonds is 14. The summed E-state index contributed by atoms with van der Waals surface area (Å²) in [6.07, 6.45) is 10.6. The number of benzene rings is 1. The quantitative estimate of drug-likeness (QED) is 0.244. The van der Waals surface area contributed by atoms with Crippen LogP contribution in [-0.2, 0) is 5.88 Å². The van der Waals surface area contributed by atoms with E-state index in [9.17, 15) is 0 Å². The number of hydrogen-bond donors (Lipinski definition) is 1. The Morgan fingerprint density at radius 1 is 0.929 bits per heavy atom. The number of aromatic amines is 1. The van der Waals surface area contributed by atoms with Gasteiger partial charge in [0.05, 0.1) is 5.52 Å². The van der Waals surface area contributed by atoms with Crippen molar-refractivity contribution in [3.05, 3.63) is 28.2 Å². The van der Waals surface area contributed by atoms with Crippen LogP contribution in [0.15, 0.2) is 24.3 Å². The van der Waals surface area contributed by atoms with E-state index in [0.717, 1.165) is 21.7 Å². The molecule has 0 amide bonds. The monoisotopic (exact) mass is 421 g/mol. The van der Waals surface area contributed by atoms with Crippen LogP contribution < -0.4 is 0 Å². The van der Waals surface area contributed by atoms with Gasteiger partial charge in [-0.15, -0.1) is 0 Å². The highest BCUT2D eigenvalue weighted by Crippen LogP contribution is 2.34. The Morgan fingerprint density at radius 2 is 1.50 bits per heavy atom. The van der Waals surface area contributed by atoms with Gasteiger partial charge in [-0.1, -0.05) is 78.4 Å². The Balaban J connectivity index is 2.20. The number of thiazole rings is 1. The van der Waals surface area contributed by atoms with Crippen molar-refractivity contribution in [3.63, 3.8) is 0 Å². The summed E-state index contributed by atoms with van der Waals surface area (Å²) in [5, 5.41) is 0. The van der Waals surface area contributed by atoms with Gasteiger partial charge in [0.2, 0.25) is 0 Å². The Hall–Kier alpha value is -0.710. The molecule has 0 aliphatic carbocycles. The third-order valence-corrected chi connectivity index (χ3v) is 8.81. The Morgan fingerprint density at radius 3 is 2.04 bits per heavy atom. The van der Waals surface area contributed by atoms with Gasteiger partial charge in [0.15, 0.2) is 0 Å². The number of nitrogens with one attached hydrogen (secondary N) is 1. The minimum atomic E-state index is 0.0210. The normalized spacial score (nSPS) is 14.7. The summed E-state index contributed by atoms with van der Waals surface area (Å²) in [6.45, 7) is 11.8. The van der Waals surface area contributed by atoms with E-state index in [1.807, 2.05) is 0 Å². The largest absolute Gasteiger partial charge is 0.358 e. The lowest BCUT2D eigenvalue weighted by atomic mass is 9.96. The highest BCUT2D eigenvalue weighted by Gasteiger charge is 2.22. The fourth-order valence-electron chi connectivity index (χ4n) is 4.11. The molecule has 1 N–H and O–H groups in total. The molecular formula is C24H41N2S2+. The van der Waals surface area contributed by atoms with Crippen LogP contribution >= 0.6 is 22.7 Å². The summed E-state index contributed by atoms with van der Waals surface area (Å²) >= 11 is 5.76. The molecule has 0 bridgehead atoms. The molecular weight excluding hydrogens is 380 g/mol. The number of H-pyrrole nitrogens is 1. The molecule has 28 heavy (non-hydrogen) atoms. The lowest BCUT2D eigenvalue weighted by Crippen LogP contribution is -2.32. The van der Waals surface area contributed by atoms with Crippen LogP contribution in [0.4, 0.5) is 0 Å². The van der Waals surface area contributed by atoms with Crippen molar-refractivity contribution in [2.24, 2.45) is 11.8 Å². The Labute approximate surface area is 180 Å². The maximum Gasteiger partial charge on any atom is 0.358 e. The molecule has 3 unspecified atom stereocenters. The van der Waals surface area contributed by atoms with Gasteiger partial charge in [0.25, 0.3) is 12.2 Å². The molecule has 0 radical (unpaired) electrons. The standard InChI is InChI=1S/C24H40N2S2/c1-5-9-13-20(7-3)17-26(18-21(8-4)14-10-6-2)19-28-23-16-12-11-15-22(23)25-24(28)27/h11-12,15-16,20-21H,5-10,13-14,17-19H2,1-4H3/p+1. The number of para-hydroxylation sites is 1. The molecule has 0 saturated carbocycles. The van der Waals surface area contributed by atoms with Gasteiger partial charge in [-0.2, -0.15) is 0 Å². The topological polar surface area (TPSA) is 19.0 Å². The maximum atomic E-state index is 5.76. The first-order chi connectivity index (χ1) is 13.6. The highest BCUT2D eigenvalue weighted by atomic mass is 32.2. The number of aromatic nitrogens is 1. The molecule has 3 atom stereocenters. The van der Waals surface area contributed by atoms with Crippen molar-refractivity contribution in [3.8, 4) is 0 Å².